The number of β-amino-alcohol motifs (C(OH)–C–C–N with tert-alkyl or cyclic N) is 1. The van der Waals surface area contributed by atoms with E-state index in [-0.39, 0.29) is 16.5 Å². The standard InChI is InChI=1S/C20H18BrClFN3O3S/c21-15-5-3-12(8-17(15)23)18-10-24-20(25-18)13-4-6-16(22)19(9-13)30(28,29)26-7-1-2-14(27)11-26/h3-6,8-10,14,27H,1-2,7,11H2,(H,24,25)/t14-/m0/s1. The van der Waals surface area contributed by atoms with Gasteiger partial charge in [0.05, 0.1) is 27.5 Å². The number of H-pyrrole nitrogens is 1. The number of sulfonamides is 1. The largest absolute Gasteiger partial charge is 0.392 e. The van der Waals surface area contributed by atoms with Crippen molar-refractivity contribution in [3.8, 4) is 22.6 Å². The molecule has 0 unspecified atom stereocenters. The van der Waals surface area contributed by atoms with E-state index in [1.807, 2.05) is 0 Å². The van der Waals surface area contributed by atoms with E-state index in [0.717, 1.165) is 0 Å². The average Bonchev–Trinajstić information content (AvgIpc) is 3.20. The molecule has 3 aromatic rings. The molecule has 1 atom stereocenters. The first kappa shape index (κ1) is 21.5. The summed E-state index contributed by atoms with van der Waals surface area (Å²) in [5, 5.41) is 9.95. The second-order valence-corrected chi connectivity index (χ2v) is 10.2. The second-order valence-electron chi connectivity index (χ2n) is 7.08. The zero-order valence-electron chi connectivity index (χ0n) is 15.6. The zero-order chi connectivity index (χ0) is 21.5. The number of nitrogens with one attached hydrogen (secondary N) is 1. The highest BCUT2D eigenvalue weighted by atomic mass is 79.9. The first-order valence-corrected chi connectivity index (χ1v) is 11.9. The molecular formula is C20H18BrClFN3O3S. The molecule has 2 aromatic carbocycles. The summed E-state index contributed by atoms with van der Waals surface area (Å²) in [6.07, 6.45) is 2.03. The van der Waals surface area contributed by atoms with Gasteiger partial charge in [-0.3, -0.25) is 0 Å². The van der Waals surface area contributed by atoms with Crippen LogP contribution in [0.15, 0.2) is 52.0 Å². The topological polar surface area (TPSA) is 86.3 Å². The fourth-order valence-electron chi connectivity index (χ4n) is 3.40. The number of nitrogens with zero attached hydrogens (tertiary/aromatic N) is 2. The number of benzene rings is 2. The molecule has 2 N–H and O–H groups in total. The van der Waals surface area contributed by atoms with Gasteiger partial charge in [0.15, 0.2) is 0 Å². The molecule has 0 spiro atoms. The van der Waals surface area contributed by atoms with E-state index in [1.54, 1.807) is 24.4 Å². The number of imidazole rings is 1. The quantitative estimate of drug-likeness (QED) is 0.539. The van der Waals surface area contributed by atoms with Crippen molar-refractivity contribution in [1.82, 2.24) is 14.3 Å². The fraction of sp³-hybridized carbons (Fsp3) is 0.250. The summed E-state index contributed by atoms with van der Waals surface area (Å²) in [6.45, 7) is 0.378. The first-order valence-electron chi connectivity index (χ1n) is 9.24. The van der Waals surface area contributed by atoms with Gasteiger partial charge in [-0.25, -0.2) is 17.8 Å². The summed E-state index contributed by atoms with van der Waals surface area (Å²) in [5.41, 5.74) is 1.73. The van der Waals surface area contributed by atoms with Crippen molar-refractivity contribution in [3.05, 3.63) is 57.9 Å². The maximum atomic E-state index is 13.8. The lowest BCUT2D eigenvalue weighted by Crippen LogP contribution is -2.42. The number of piperidine rings is 1. The Morgan fingerprint density at radius 3 is 2.73 bits per heavy atom. The van der Waals surface area contributed by atoms with E-state index in [0.29, 0.717) is 46.5 Å². The Hall–Kier alpha value is -1.78. The predicted molar refractivity (Wildman–Crippen MR) is 116 cm³/mol. The summed E-state index contributed by atoms with van der Waals surface area (Å²) in [5.74, 6) is 0.0346. The molecule has 1 aromatic heterocycles. The van der Waals surface area contributed by atoms with E-state index in [4.69, 9.17) is 11.6 Å². The molecule has 1 fully saturated rings. The minimum absolute atomic E-state index is 0.0385. The monoisotopic (exact) mass is 513 g/mol. The van der Waals surface area contributed by atoms with Crippen molar-refractivity contribution >= 4 is 37.6 Å². The van der Waals surface area contributed by atoms with E-state index in [9.17, 15) is 17.9 Å². The SMILES string of the molecule is O=S(=O)(c1cc(-c2ncc(-c3ccc(Br)c(F)c3)[nH]2)ccc1Cl)N1CCC[C@H](O)C1. The number of rotatable bonds is 4. The predicted octanol–water partition coefficient (Wildman–Crippen LogP) is 4.44. The molecule has 0 saturated carbocycles. The van der Waals surface area contributed by atoms with Gasteiger partial charge in [-0.05, 0) is 59.1 Å². The Kier molecular flexibility index (Phi) is 6.00. The third-order valence-corrected chi connectivity index (χ3v) is 7.98. The molecule has 4 rings (SSSR count). The Balaban J connectivity index is 1.68. The van der Waals surface area contributed by atoms with Gasteiger partial charge in [0.25, 0.3) is 0 Å². The highest BCUT2D eigenvalue weighted by molar-refractivity contribution is 9.10. The molecule has 0 aliphatic carbocycles. The summed E-state index contributed by atoms with van der Waals surface area (Å²) in [7, 11) is -3.87. The van der Waals surface area contributed by atoms with Crippen molar-refractivity contribution < 1.29 is 17.9 Å². The van der Waals surface area contributed by atoms with E-state index in [1.165, 1.54) is 22.5 Å². The van der Waals surface area contributed by atoms with Gasteiger partial charge in [0.1, 0.15) is 16.5 Å². The number of aromatic nitrogens is 2. The van der Waals surface area contributed by atoms with Gasteiger partial charge in [0, 0.05) is 24.2 Å². The molecule has 0 bridgehead atoms. The third-order valence-electron chi connectivity index (χ3n) is 4.99. The molecule has 30 heavy (non-hydrogen) atoms. The zero-order valence-corrected chi connectivity index (χ0v) is 18.8. The summed E-state index contributed by atoms with van der Waals surface area (Å²) < 4.78 is 41.6. The Morgan fingerprint density at radius 1 is 1.23 bits per heavy atom. The lowest BCUT2D eigenvalue weighted by Gasteiger charge is -2.29. The van der Waals surface area contributed by atoms with Crippen LogP contribution in [0.1, 0.15) is 12.8 Å². The van der Waals surface area contributed by atoms with Gasteiger partial charge in [-0.1, -0.05) is 17.7 Å². The van der Waals surface area contributed by atoms with Gasteiger partial charge < -0.3 is 10.1 Å². The van der Waals surface area contributed by atoms with Gasteiger partial charge in [-0.15, -0.1) is 0 Å². The fourth-order valence-corrected chi connectivity index (χ4v) is 5.67. The Labute approximate surface area is 186 Å². The Bertz CT molecular complexity index is 1200. The van der Waals surface area contributed by atoms with Crippen molar-refractivity contribution in [3.63, 3.8) is 0 Å². The highest BCUT2D eigenvalue weighted by Gasteiger charge is 2.31. The van der Waals surface area contributed by atoms with Crippen LogP contribution in [0, 0.1) is 5.82 Å². The minimum atomic E-state index is -3.87. The highest BCUT2D eigenvalue weighted by Crippen LogP contribution is 2.32. The molecule has 0 radical (unpaired) electrons. The van der Waals surface area contributed by atoms with Crippen LogP contribution in [-0.4, -0.2) is 47.0 Å². The number of aliphatic hydroxyl groups excluding tert-OH is 1. The smallest absolute Gasteiger partial charge is 0.244 e. The van der Waals surface area contributed by atoms with Crippen LogP contribution in [-0.2, 0) is 10.0 Å². The number of hydrogen-bond donors (Lipinski definition) is 2. The minimum Gasteiger partial charge on any atom is -0.392 e. The van der Waals surface area contributed by atoms with E-state index >= 15 is 0 Å². The van der Waals surface area contributed by atoms with Crippen LogP contribution in [0.25, 0.3) is 22.6 Å². The van der Waals surface area contributed by atoms with E-state index < -0.39 is 21.9 Å². The molecule has 1 aliphatic rings. The molecule has 0 amide bonds. The number of aliphatic hydroxyl groups is 1. The first-order chi connectivity index (χ1) is 14.3. The van der Waals surface area contributed by atoms with Crippen LogP contribution >= 0.6 is 27.5 Å². The van der Waals surface area contributed by atoms with Gasteiger partial charge in [0.2, 0.25) is 10.0 Å². The number of halogens is 3. The van der Waals surface area contributed by atoms with Crippen molar-refractivity contribution in [2.24, 2.45) is 0 Å². The number of aromatic amines is 1. The Morgan fingerprint density at radius 2 is 2.00 bits per heavy atom. The maximum absolute atomic E-state index is 13.8. The third kappa shape index (κ3) is 4.17. The lowest BCUT2D eigenvalue weighted by atomic mass is 10.1. The van der Waals surface area contributed by atoms with Crippen LogP contribution in [0.2, 0.25) is 5.02 Å². The van der Waals surface area contributed by atoms with Crippen LogP contribution in [0.3, 0.4) is 0 Å². The van der Waals surface area contributed by atoms with Crippen molar-refractivity contribution in [2.45, 2.75) is 23.8 Å². The van der Waals surface area contributed by atoms with Crippen molar-refractivity contribution in [1.29, 1.82) is 0 Å². The normalized spacial score (nSPS) is 17.9. The summed E-state index contributed by atoms with van der Waals surface area (Å²) in [6, 6.07) is 9.35. The van der Waals surface area contributed by atoms with E-state index in [2.05, 4.69) is 25.9 Å². The maximum Gasteiger partial charge on any atom is 0.244 e. The molecule has 2 heterocycles. The second kappa shape index (κ2) is 8.39. The molecule has 1 saturated heterocycles. The molecule has 158 valence electrons. The summed E-state index contributed by atoms with van der Waals surface area (Å²) in [4.78, 5) is 7.37. The van der Waals surface area contributed by atoms with Gasteiger partial charge >= 0.3 is 0 Å². The molecular weight excluding hydrogens is 497 g/mol. The molecule has 6 nitrogen and oxygen atoms in total. The van der Waals surface area contributed by atoms with Crippen LogP contribution in [0.4, 0.5) is 4.39 Å². The van der Waals surface area contributed by atoms with Crippen molar-refractivity contribution in [2.75, 3.05) is 13.1 Å². The van der Waals surface area contributed by atoms with Crippen LogP contribution in [0.5, 0.6) is 0 Å². The lowest BCUT2D eigenvalue weighted by molar-refractivity contribution is 0.108. The molecule has 1 aliphatic heterocycles. The average molecular weight is 515 g/mol. The summed E-state index contributed by atoms with van der Waals surface area (Å²) >= 11 is 9.34. The van der Waals surface area contributed by atoms with Gasteiger partial charge in [-0.2, -0.15) is 4.31 Å². The number of hydrogen-bond acceptors (Lipinski definition) is 4. The van der Waals surface area contributed by atoms with Crippen LogP contribution < -0.4 is 0 Å². The molecule has 10 heteroatoms.